The summed E-state index contributed by atoms with van der Waals surface area (Å²) in [6, 6.07) is 11.0. The van der Waals surface area contributed by atoms with Crippen LogP contribution in [-0.2, 0) is 0 Å². The predicted molar refractivity (Wildman–Crippen MR) is 142 cm³/mol. The third-order valence-electron chi connectivity index (χ3n) is 5.90. The molecule has 3 heterocycles. The lowest BCUT2D eigenvalue weighted by Gasteiger charge is -2.08. The molecule has 36 heavy (non-hydrogen) atoms. The maximum atomic E-state index is 13.3. The minimum absolute atomic E-state index is 0.204. The summed E-state index contributed by atoms with van der Waals surface area (Å²) in [4.78, 5) is 60.7. The molecule has 2 N–H and O–H groups in total. The first-order valence-electron chi connectivity index (χ1n) is 10.9. The van der Waals surface area contributed by atoms with Gasteiger partial charge < -0.3 is 10.6 Å². The maximum absolute atomic E-state index is 13.3. The average molecular weight is 545 g/mol. The molecule has 0 saturated heterocycles. The molecule has 2 amide bonds. The van der Waals surface area contributed by atoms with Crippen molar-refractivity contribution in [2.24, 2.45) is 0 Å². The number of rotatable bonds is 4. The number of benzene rings is 2. The summed E-state index contributed by atoms with van der Waals surface area (Å²) in [6.07, 6.45) is 2.20. The number of nitrogens with zero attached hydrogens (tertiary/aromatic N) is 4. The van der Waals surface area contributed by atoms with Gasteiger partial charge in [-0.05, 0) is 43.2 Å². The van der Waals surface area contributed by atoms with Crippen molar-refractivity contribution in [2.45, 2.75) is 13.8 Å². The molecule has 0 atom stereocenters. The molecule has 5 aromatic rings. The molecular formula is C24H18BBrN6O4. The number of amides is 2. The molecule has 0 fully saturated rings. The van der Waals surface area contributed by atoms with Gasteiger partial charge in [0.25, 0.3) is 22.9 Å². The highest BCUT2D eigenvalue weighted by atomic mass is 79.9. The number of hydrogen-bond acceptors (Lipinski definition) is 6. The number of fused-ring (bicyclic) bond motifs is 2. The molecule has 10 nitrogen and oxygen atoms in total. The third-order valence-corrected chi connectivity index (χ3v) is 6.39. The first-order valence-corrected chi connectivity index (χ1v) is 11.6. The largest absolute Gasteiger partial charge is 0.320 e. The van der Waals surface area contributed by atoms with Crippen LogP contribution in [0, 0.1) is 13.8 Å². The van der Waals surface area contributed by atoms with Crippen molar-refractivity contribution in [2.75, 3.05) is 10.6 Å². The quantitative estimate of drug-likeness (QED) is 0.328. The zero-order valence-electron chi connectivity index (χ0n) is 19.4. The zero-order chi connectivity index (χ0) is 25.7. The van der Waals surface area contributed by atoms with Crippen LogP contribution in [0.4, 0.5) is 11.4 Å². The Bertz CT molecular complexity index is 1700. The first-order chi connectivity index (χ1) is 17.2. The summed E-state index contributed by atoms with van der Waals surface area (Å²) in [5.41, 5.74) is 1.45. The Hall–Kier alpha value is -4.32. The van der Waals surface area contributed by atoms with E-state index in [1.807, 2.05) is 46.0 Å². The summed E-state index contributed by atoms with van der Waals surface area (Å²) in [5.74, 6) is -1.28. The fourth-order valence-electron chi connectivity index (χ4n) is 3.94. The Morgan fingerprint density at radius 3 is 1.81 bits per heavy atom. The normalized spacial score (nSPS) is 11.2. The number of aryl methyl sites for hydroxylation is 2. The minimum atomic E-state index is -0.698. The molecule has 0 aliphatic carbocycles. The smallest absolute Gasteiger partial charge is 0.283 e. The Morgan fingerprint density at radius 2 is 1.28 bits per heavy atom. The van der Waals surface area contributed by atoms with Gasteiger partial charge >= 0.3 is 0 Å². The van der Waals surface area contributed by atoms with Gasteiger partial charge in [0, 0.05) is 15.8 Å². The van der Waals surface area contributed by atoms with Gasteiger partial charge in [0.1, 0.15) is 31.5 Å². The van der Waals surface area contributed by atoms with Crippen LogP contribution in [0.5, 0.6) is 0 Å². The highest BCUT2D eigenvalue weighted by molar-refractivity contribution is 9.10. The molecule has 2 aromatic carbocycles. The number of hydrogen-bond donors (Lipinski definition) is 2. The fraction of sp³-hybridized carbons (Fsp3) is 0.0833. The van der Waals surface area contributed by atoms with Gasteiger partial charge in [-0.1, -0.05) is 39.6 Å². The van der Waals surface area contributed by atoms with Crippen molar-refractivity contribution >= 4 is 63.5 Å². The van der Waals surface area contributed by atoms with Gasteiger partial charge in [-0.25, -0.2) is 9.97 Å². The lowest BCUT2D eigenvalue weighted by Crippen LogP contribution is -2.28. The monoisotopic (exact) mass is 544 g/mol. The molecular weight excluding hydrogens is 527 g/mol. The summed E-state index contributed by atoms with van der Waals surface area (Å²) in [7, 11) is 1.89. The van der Waals surface area contributed by atoms with Gasteiger partial charge in [-0.3, -0.25) is 28.0 Å². The van der Waals surface area contributed by atoms with E-state index in [0.717, 1.165) is 42.5 Å². The SMILES string of the molecule is Bc1ccc(C)c(NC(=O)c2ncn3c(=O)c4c(C(=O)Nc5cc(Br)ccc5C)ncn4c(=O)c23)c1. The maximum Gasteiger partial charge on any atom is 0.283 e. The van der Waals surface area contributed by atoms with Crippen LogP contribution in [0.2, 0.25) is 0 Å². The van der Waals surface area contributed by atoms with E-state index in [2.05, 4.69) is 36.5 Å². The van der Waals surface area contributed by atoms with E-state index in [1.165, 1.54) is 0 Å². The van der Waals surface area contributed by atoms with Crippen molar-refractivity contribution in [1.29, 1.82) is 0 Å². The second-order valence-electron chi connectivity index (χ2n) is 8.42. The second-order valence-corrected chi connectivity index (χ2v) is 9.34. The Balaban J connectivity index is 1.58. The Morgan fingerprint density at radius 1 is 0.806 bits per heavy atom. The van der Waals surface area contributed by atoms with Crippen LogP contribution in [0.1, 0.15) is 32.1 Å². The van der Waals surface area contributed by atoms with Gasteiger partial charge in [0.05, 0.1) is 0 Å². The van der Waals surface area contributed by atoms with E-state index in [4.69, 9.17) is 0 Å². The van der Waals surface area contributed by atoms with Crippen molar-refractivity contribution in [3.8, 4) is 0 Å². The van der Waals surface area contributed by atoms with E-state index < -0.39 is 22.9 Å². The molecule has 5 rings (SSSR count). The predicted octanol–water partition coefficient (Wildman–Crippen LogP) is 1.28. The van der Waals surface area contributed by atoms with E-state index >= 15 is 0 Å². The van der Waals surface area contributed by atoms with Gasteiger partial charge in [0.15, 0.2) is 11.4 Å². The van der Waals surface area contributed by atoms with Crippen molar-refractivity contribution in [3.05, 3.63) is 96.7 Å². The number of aromatic nitrogens is 4. The molecule has 0 saturated carbocycles. The van der Waals surface area contributed by atoms with Crippen LogP contribution < -0.4 is 27.2 Å². The summed E-state index contributed by atoms with van der Waals surface area (Å²) < 4.78 is 2.70. The van der Waals surface area contributed by atoms with E-state index in [9.17, 15) is 19.2 Å². The Labute approximate surface area is 212 Å². The molecule has 0 radical (unpaired) electrons. The van der Waals surface area contributed by atoms with Crippen molar-refractivity contribution < 1.29 is 9.59 Å². The lowest BCUT2D eigenvalue weighted by atomic mass is 9.94. The molecule has 12 heteroatoms. The van der Waals surface area contributed by atoms with E-state index in [0.29, 0.717) is 11.4 Å². The number of anilines is 2. The summed E-state index contributed by atoms with van der Waals surface area (Å²) in [5, 5.41) is 5.48. The second kappa shape index (κ2) is 8.72. The number of carbonyl (C=O) groups excluding carboxylic acids is 2. The number of halogens is 1. The molecule has 0 unspecified atom stereocenters. The molecule has 0 spiro atoms. The van der Waals surface area contributed by atoms with Crippen molar-refractivity contribution in [1.82, 2.24) is 18.8 Å². The number of imidazole rings is 2. The first kappa shape index (κ1) is 23.4. The fourth-order valence-corrected chi connectivity index (χ4v) is 4.30. The highest BCUT2D eigenvalue weighted by Crippen LogP contribution is 2.21. The molecule has 178 valence electrons. The molecule has 3 aromatic heterocycles. The molecule has 0 aliphatic rings. The third kappa shape index (κ3) is 3.85. The lowest BCUT2D eigenvalue weighted by molar-refractivity contribution is 0.101. The van der Waals surface area contributed by atoms with Gasteiger partial charge in [-0.15, -0.1) is 0 Å². The summed E-state index contributed by atoms with van der Waals surface area (Å²) in [6.45, 7) is 3.66. The van der Waals surface area contributed by atoms with Crippen LogP contribution in [0.25, 0.3) is 11.0 Å². The highest BCUT2D eigenvalue weighted by Gasteiger charge is 2.25. The molecule has 0 bridgehead atoms. The summed E-state index contributed by atoms with van der Waals surface area (Å²) >= 11 is 3.36. The van der Waals surface area contributed by atoms with E-state index in [1.54, 1.807) is 12.1 Å². The topological polar surface area (TPSA) is 127 Å². The van der Waals surface area contributed by atoms with Crippen molar-refractivity contribution in [3.63, 3.8) is 0 Å². The van der Waals surface area contributed by atoms with Crippen LogP contribution in [-0.4, -0.2) is 38.4 Å². The van der Waals surface area contributed by atoms with Crippen LogP contribution in [0.15, 0.2) is 63.1 Å². The zero-order valence-corrected chi connectivity index (χ0v) is 21.0. The minimum Gasteiger partial charge on any atom is -0.320 e. The average Bonchev–Trinajstić information content (AvgIpc) is 3.48. The Kier molecular flexibility index (Phi) is 5.67. The molecule has 0 aliphatic heterocycles. The standard InChI is InChI=1S/C24H18BBrN6O4/c1-11-3-5-13(25)7-15(11)29-21(33)17-19-23(35)32-10-28-18(20(32)24(36)31(19)9-27-17)22(34)30-16-8-14(26)6-4-12(16)2/h3-10H,25H2,1-2H3,(H,29,33)(H,30,34). The van der Waals surface area contributed by atoms with Gasteiger partial charge in [0.2, 0.25) is 0 Å². The number of carbonyl (C=O) groups is 2. The van der Waals surface area contributed by atoms with Crippen LogP contribution >= 0.6 is 15.9 Å². The van der Waals surface area contributed by atoms with Crippen LogP contribution in [0.3, 0.4) is 0 Å². The van der Waals surface area contributed by atoms with Gasteiger partial charge in [-0.2, -0.15) is 0 Å². The van der Waals surface area contributed by atoms with E-state index in [-0.39, 0.29) is 22.4 Å². The number of nitrogens with one attached hydrogen (secondary N) is 2.